The average molecular weight is 832 g/mol. The molecule has 0 aromatic carbocycles. The van der Waals surface area contributed by atoms with Gasteiger partial charge in [0.2, 0.25) is 5.91 Å². The Bertz CT molecular complexity index is 935. The lowest BCUT2D eigenvalue weighted by Gasteiger charge is -2.24. The number of aliphatic hydroxyl groups is 2. The molecule has 0 bridgehead atoms. The number of hydrogen-bond donors (Lipinski definition) is 3. The van der Waals surface area contributed by atoms with Crippen molar-refractivity contribution in [1.29, 1.82) is 0 Å². The van der Waals surface area contributed by atoms with E-state index in [0.717, 1.165) is 70.6 Å². The Labute approximate surface area is 367 Å². The second kappa shape index (κ2) is 47.4. The zero-order chi connectivity index (χ0) is 43.1. The number of esters is 1. The molecule has 0 spiro atoms. The van der Waals surface area contributed by atoms with Gasteiger partial charge in [-0.3, -0.25) is 9.59 Å². The molecule has 3 unspecified atom stereocenters. The van der Waals surface area contributed by atoms with Gasteiger partial charge >= 0.3 is 5.97 Å². The van der Waals surface area contributed by atoms with Gasteiger partial charge in [-0.2, -0.15) is 0 Å². The van der Waals surface area contributed by atoms with Crippen LogP contribution >= 0.6 is 0 Å². The maximum atomic E-state index is 13.2. The molecule has 6 nitrogen and oxygen atoms in total. The average Bonchev–Trinajstić information content (AvgIpc) is 3.23. The van der Waals surface area contributed by atoms with E-state index in [4.69, 9.17) is 4.74 Å². The number of carbonyl (C=O) groups excluding carboxylic acids is 2. The fourth-order valence-corrected chi connectivity index (χ4v) is 7.99. The summed E-state index contributed by atoms with van der Waals surface area (Å²) in [5.74, 6) is -0.501. The Morgan fingerprint density at radius 3 is 1.27 bits per heavy atom. The van der Waals surface area contributed by atoms with Crippen molar-refractivity contribution >= 4 is 11.9 Å². The van der Waals surface area contributed by atoms with Gasteiger partial charge in [0.1, 0.15) is 6.10 Å². The number of ether oxygens (including phenoxy) is 1. The van der Waals surface area contributed by atoms with Crippen molar-refractivity contribution in [2.24, 2.45) is 0 Å². The zero-order valence-electron chi connectivity index (χ0n) is 39.7. The van der Waals surface area contributed by atoms with E-state index in [-0.39, 0.29) is 24.9 Å². The van der Waals surface area contributed by atoms with Crippen LogP contribution in [-0.4, -0.2) is 46.9 Å². The van der Waals surface area contributed by atoms with Crippen LogP contribution in [0, 0.1) is 0 Å². The fourth-order valence-electron chi connectivity index (χ4n) is 7.99. The standard InChI is InChI=1S/C53H101NO5/c1-4-7-10-13-16-19-21-23-25-26-27-28-30-33-36-39-42-45-51(56)50(48-55)54-52(57)47-49(44-41-38-35-32-18-15-12-9-6-3)59-53(58)46-43-40-37-34-31-29-24-22-20-17-14-11-8-5-2/h15,18,29,31,49-51,55-56H,4-14,16-17,19-28,30,32-48H2,1-3H3,(H,54,57)/b18-15-,31-29-. The van der Waals surface area contributed by atoms with Crippen LogP contribution in [0.25, 0.3) is 0 Å². The summed E-state index contributed by atoms with van der Waals surface area (Å²) in [6, 6.07) is -0.705. The molecular weight excluding hydrogens is 731 g/mol. The first-order valence-electron chi connectivity index (χ1n) is 26.1. The molecule has 0 aliphatic rings. The molecule has 0 aliphatic carbocycles. The van der Waals surface area contributed by atoms with E-state index in [1.54, 1.807) is 0 Å². The molecule has 0 heterocycles. The predicted molar refractivity (Wildman–Crippen MR) is 255 cm³/mol. The van der Waals surface area contributed by atoms with E-state index in [1.807, 2.05) is 0 Å². The maximum absolute atomic E-state index is 13.2. The highest BCUT2D eigenvalue weighted by molar-refractivity contribution is 5.77. The molecule has 59 heavy (non-hydrogen) atoms. The Balaban J connectivity index is 4.42. The number of unbranched alkanes of at least 4 members (excludes halogenated alkanes) is 31. The Kier molecular flexibility index (Phi) is 46.1. The minimum atomic E-state index is -0.790. The van der Waals surface area contributed by atoms with Gasteiger partial charge in [-0.05, 0) is 70.6 Å². The summed E-state index contributed by atoms with van der Waals surface area (Å²) in [5.41, 5.74) is 0. The summed E-state index contributed by atoms with van der Waals surface area (Å²) < 4.78 is 5.90. The minimum Gasteiger partial charge on any atom is -0.462 e. The van der Waals surface area contributed by atoms with Gasteiger partial charge in [-0.15, -0.1) is 0 Å². The first-order valence-corrected chi connectivity index (χ1v) is 26.1. The second-order valence-corrected chi connectivity index (χ2v) is 17.9. The first-order chi connectivity index (χ1) is 29.0. The van der Waals surface area contributed by atoms with E-state index in [2.05, 4.69) is 50.4 Å². The Hall–Kier alpha value is -1.66. The quantitative estimate of drug-likeness (QED) is 0.0322. The van der Waals surface area contributed by atoms with Crippen LogP contribution < -0.4 is 5.32 Å². The van der Waals surface area contributed by atoms with Crippen molar-refractivity contribution in [1.82, 2.24) is 5.32 Å². The first kappa shape index (κ1) is 57.3. The van der Waals surface area contributed by atoms with E-state index in [0.29, 0.717) is 19.3 Å². The van der Waals surface area contributed by atoms with Crippen molar-refractivity contribution in [3.63, 3.8) is 0 Å². The lowest BCUT2D eigenvalue weighted by Crippen LogP contribution is -2.46. The number of aliphatic hydroxyl groups excluding tert-OH is 2. The summed E-state index contributed by atoms with van der Waals surface area (Å²) >= 11 is 0. The van der Waals surface area contributed by atoms with Gasteiger partial charge in [0.15, 0.2) is 0 Å². The van der Waals surface area contributed by atoms with Crippen molar-refractivity contribution in [2.75, 3.05) is 6.61 Å². The van der Waals surface area contributed by atoms with Crippen LogP contribution in [-0.2, 0) is 14.3 Å². The lowest BCUT2D eigenvalue weighted by atomic mass is 10.0. The van der Waals surface area contributed by atoms with E-state index < -0.39 is 18.2 Å². The largest absolute Gasteiger partial charge is 0.462 e. The number of allylic oxidation sites excluding steroid dienone is 4. The summed E-state index contributed by atoms with van der Waals surface area (Å²) in [6.45, 7) is 6.45. The van der Waals surface area contributed by atoms with Crippen molar-refractivity contribution in [3.05, 3.63) is 24.3 Å². The van der Waals surface area contributed by atoms with Crippen molar-refractivity contribution in [3.8, 4) is 0 Å². The zero-order valence-corrected chi connectivity index (χ0v) is 39.7. The van der Waals surface area contributed by atoms with Gasteiger partial charge < -0.3 is 20.3 Å². The maximum Gasteiger partial charge on any atom is 0.306 e. The van der Waals surface area contributed by atoms with Gasteiger partial charge in [-0.1, -0.05) is 218 Å². The van der Waals surface area contributed by atoms with Crippen molar-refractivity contribution in [2.45, 2.75) is 296 Å². The SMILES string of the molecule is CCCC/C=C\CCCCCC(CC(=O)NC(CO)C(O)CCCCCCCCCCCCCCCCCCC)OC(=O)CCCCC/C=C\CCCCCCCCC. The van der Waals surface area contributed by atoms with E-state index in [1.165, 1.54) is 161 Å². The minimum absolute atomic E-state index is 0.0640. The smallest absolute Gasteiger partial charge is 0.306 e. The third kappa shape index (κ3) is 42.8. The normalized spacial score (nSPS) is 13.4. The van der Waals surface area contributed by atoms with Crippen LogP contribution in [0.5, 0.6) is 0 Å². The highest BCUT2D eigenvalue weighted by Gasteiger charge is 2.24. The molecule has 0 fully saturated rings. The number of rotatable bonds is 47. The number of amides is 1. The molecule has 348 valence electrons. The Morgan fingerprint density at radius 1 is 0.475 bits per heavy atom. The predicted octanol–water partition coefficient (Wildman–Crippen LogP) is 15.5. The summed E-state index contributed by atoms with van der Waals surface area (Å²) in [7, 11) is 0. The van der Waals surface area contributed by atoms with Crippen molar-refractivity contribution < 1.29 is 24.5 Å². The molecular formula is C53H101NO5. The van der Waals surface area contributed by atoms with Gasteiger partial charge in [0, 0.05) is 6.42 Å². The number of nitrogens with one attached hydrogen (secondary N) is 1. The van der Waals surface area contributed by atoms with Crippen LogP contribution in [0.3, 0.4) is 0 Å². The van der Waals surface area contributed by atoms with Gasteiger partial charge in [-0.25, -0.2) is 0 Å². The molecule has 0 aromatic rings. The van der Waals surface area contributed by atoms with E-state index >= 15 is 0 Å². The van der Waals surface area contributed by atoms with E-state index in [9.17, 15) is 19.8 Å². The Morgan fingerprint density at radius 2 is 0.831 bits per heavy atom. The third-order valence-electron chi connectivity index (χ3n) is 12.0. The molecule has 0 aromatic heterocycles. The van der Waals surface area contributed by atoms with Crippen LogP contribution in [0.1, 0.15) is 278 Å². The highest BCUT2D eigenvalue weighted by atomic mass is 16.5. The highest BCUT2D eigenvalue weighted by Crippen LogP contribution is 2.18. The molecule has 0 saturated carbocycles. The van der Waals surface area contributed by atoms with Gasteiger partial charge in [0.05, 0.1) is 25.2 Å². The molecule has 0 rings (SSSR count). The number of hydrogen-bond acceptors (Lipinski definition) is 5. The monoisotopic (exact) mass is 832 g/mol. The summed E-state index contributed by atoms with van der Waals surface area (Å²) in [6.07, 6.45) is 53.9. The second-order valence-electron chi connectivity index (χ2n) is 17.9. The molecule has 6 heteroatoms. The summed E-state index contributed by atoms with van der Waals surface area (Å²) in [4.78, 5) is 26.0. The van der Waals surface area contributed by atoms with Crippen LogP contribution in [0.15, 0.2) is 24.3 Å². The molecule has 1 amide bonds. The number of carbonyl (C=O) groups is 2. The molecule has 3 atom stereocenters. The summed E-state index contributed by atoms with van der Waals surface area (Å²) in [5, 5.41) is 23.8. The fraction of sp³-hybridized carbons (Fsp3) is 0.887. The molecule has 3 N–H and O–H groups in total. The molecule has 0 saturated heterocycles. The van der Waals surface area contributed by atoms with Gasteiger partial charge in [0.25, 0.3) is 0 Å². The molecule has 0 radical (unpaired) electrons. The van der Waals surface area contributed by atoms with Crippen LogP contribution in [0.4, 0.5) is 0 Å². The topological polar surface area (TPSA) is 95.9 Å². The third-order valence-corrected chi connectivity index (χ3v) is 12.0. The lowest BCUT2D eigenvalue weighted by molar-refractivity contribution is -0.151. The molecule has 0 aliphatic heterocycles. The van der Waals surface area contributed by atoms with Crippen LogP contribution in [0.2, 0.25) is 0 Å².